The number of fused-ring (bicyclic) bond motifs is 2. The minimum absolute atomic E-state index is 0.0247. The lowest BCUT2D eigenvalue weighted by atomic mass is 9.93. The highest BCUT2D eigenvalue weighted by Crippen LogP contribution is 2.58. The summed E-state index contributed by atoms with van der Waals surface area (Å²) in [5.41, 5.74) is 1.12. The van der Waals surface area contributed by atoms with Crippen LogP contribution in [0.5, 0.6) is 5.75 Å². The smallest absolute Gasteiger partial charge is 0.355 e. The van der Waals surface area contributed by atoms with Gasteiger partial charge in [0, 0.05) is 47.9 Å². The maximum absolute atomic E-state index is 16.7. The molecule has 3 amide bonds. The van der Waals surface area contributed by atoms with Crippen LogP contribution < -0.4 is 14.9 Å². The predicted octanol–water partition coefficient (Wildman–Crippen LogP) is 7.96. The Morgan fingerprint density at radius 2 is 1.68 bits per heavy atom. The first kappa shape index (κ1) is 45.5. The molecule has 65 heavy (non-hydrogen) atoms. The van der Waals surface area contributed by atoms with Gasteiger partial charge in [-0.25, -0.2) is 9.48 Å². The van der Waals surface area contributed by atoms with Gasteiger partial charge < -0.3 is 29.1 Å². The Hall–Kier alpha value is -4.66. The molecule has 1 aliphatic carbocycles. The Morgan fingerprint density at radius 1 is 0.954 bits per heavy atom. The van der Waals surface area contributed by atoms with Crippen LogP contribution in [0.15, 0.2) is 84.9 Å². The van der Waals surface area contributed by atoms with Gasteiger partial charge in [0.2, 0.25) is 17.7 Å². The largest absolute Gasteiger partial charge is 0.465 e. The summed E-state index contributed by atoms with van der Waals surface area (Å²) in [6.07, 6.45) is 6.65. The molecule has 1 saturated carbocycles. The van der Waals surface area contributed by atoms with Crippen LogP contribution in [0, 0.1) is 0 Å². The number of hydrogen-bond acceptors (Lipinski definition) is 10. The van der Waals surface area contributed by atoms with Crippen LogP contribution in [-0.2, 0) is 28.4 Å². The molecule has 16 heteroatoms. The number of rotatable bonds is 14. The number of likely N-dealkylation sites (tertiary alicyclic amines) is 1. The first-order valence-corrected chi connectivity index (χ1v) is 25.7. The molecule has 4 aliphatic heterocycles. The lowest BCUT2D eigenvalue weighted by Crippen LogP contribution is -2.59. The minimum atomic E-state index is -4.46. The van der Waals surface area contributed by atoms with E-state index in [1.54, 1.807) is 42.5 Å². The van der Waals surface area contributed by atoms with E-state index in [0.717, 1.165) is 45.2 Å². The number of ether oxygens (including phenoxy) is 2. The van der Waals surface area contributed by atoms with Crippen molar-refractivity contribution in [2.75, 3.05) is 39.5 Å². The third-order valence-corrected chi connectivity index (χ3v) is 17.2. The van der Waals surface area contributed by atoms with E-state index >= 15 is 4.39 Å². The lowest BCUT2D eigenvalue weighted by molar-refractivity contribution is -0.148. The molecule has 0 radical (unpaired) electrons. The SMILES string of the molecule is CCCOC(=O)[C@H](C)N[P@@](=O)(Oc1ccccc1)[C@@H](F)c1ccc2sc(C(=O)N[C@H]3CC[C@H](N4CCOCC4)C[C@H]4CC[C@@H](C(=O)N5C[C@H](c6ccccc6)CC56CC6)N4C3=O)cc2c1. The van der Waals surface area contributed by atoms with Crippen LogP contribution in [0.1, 0.15) is 104 Å². The van der Waals surface area contributed by atoms with Crippen molar-refractivity contribution in [3.63, 3.8) is 0 Å². The van der Waals surface area contributed by atoms with Crippen LogP contribution in [-0.4, -0.2) is 114 Å². The van der Waals surface area contributed by atoms with E-state index in [-0.39, 0.29) is 53.3 Å². The molecule has 1 aromatic heterocycles. The van der Waals surface area contributed by atoms with Crippen LogP contribution in [0.3, 0.4) is 0 Å². The second kappa shape index (κ2) is 19.3. The number of halogens is 1. The number of amides is 3. The van der Waals surface area contributed by atoms with Gasteiger partial charge in [-0.15, -0.1) is 11.3 Å². The molecule has 5 aliphatic rings. The average Bonchev–Trinajstić information content (AvgIpc) is 3.60. The van der Waals surface area contributed by atoms with Crippen LogP contribution in [0.4, 0.5) is 4.39 Å². The summed E-state index contributed by atoms with van der Waals surface area (Å²) >= 11 is 1.21. The number of morpholine rings is 1. The number of alkyl halides is 1. The molecule has 13 nitrogen and oxygen atoms in total. The van der Waals surface area contributed by atoms with Crippen molar-refractivity contribution in [3.05, 3.63) is 101 Å². The van der Waals surface area contributed by atoms with E-state index in [1.165, 1.54) is 36.0 Å². The maximum Gasteiger partial charge on any atom is 0.355 e. The van der Waals surface area contributed by atoms with Crippen molar-refractivity contribution in [2.24, 2.45) is 0 Å². The number of esters is 1. The molecule has 4 aromatic rings. The van der Waals surface area contributed by atoms with Gasteiger partial charge in [-0.3, -0.25) is 28.6 Å². The van der Waals surface area contributed by atoms with Crippen LogP contribution >= 0.6 is 18.9 Å². The third-order valence-electron chi connectivity index (χ3n) is 14.0. The van der Waals surface area contributed by atoms with E-state index in [1.807, 2.05) is 30.0 Å². The fourth-order valence-electron chi connectivity index (χ4n) is 10.5. The maximum atomic E-state index is 16.7. The molecule has 8 atom stereocenters. The predicted molar refractivity (Wildman–Crippen MR) is 247 cm³/mol. The number of hydrogen-bond donors (Lipinski definition) is 2. The van der Waals surface area contributed by atoms with Gasteiger partial charge >= 0.3 is 13.5 Å². The zero-order valence-electron chi connectivity index (χ0n) is 37.1. The number of para-hydroxylation sites is 1. The highest BCUT2D eigenvalue weighted by molar-refractivity contribution is 7.57. The normalized spacial score (nSPS) is 26.1. The standard InChI is InChI=1S/C49H59FN5O8PS/c1-3-24-62-48(59)32(2)52-64(60,63-39-12-8-5-9-13-39)44(50)34-14-19-42-35(27-34)28-43(65-42)45(56)51-40-17-15-37(53-22-25-61-26-23-53)29-38-16-18-41(55(38)46(40)57)47(58)54-31-36(30-49(54)20-21-49)33-10-6-4-7-11-33/h4-14,19,27-28,32,36-38,40-41,44H,3,15-18,20-26,29-31H2,1-2H3,(H,51,56)(H,52,60)/t32-,36+,37-,38+,40-,41-,44+,64-/m0/s1. The highest BCUT2D eigenvalue weighted by Gasteiger charge is 2.58. The van der Waals surface area contributed by atoms with Crippen LogP contribution in [0.2, 0.25) is 0 Å². The molecule has 4 saturated heterocycles. The van der Waals surface area contributed by atoms with Gasteiger partial charge in [-0.2, -0.15) is 0 Å². The molecule has 0 bridgehead atoms. The number of benzene rings is 3. The second-order valence-electron chi connectivity index (χ2n) is 18.4. The van der Waals surface area contributed by atoms with Gasteiger partial charge in [0.25, 0.3) is 5.91 Å². The zero-order chi connectivity index (χ0) is 45.3. The minimum Gasteiger partial charge on any atom is -0.465 e. The Kier molecular flexibility index (Phi) is 13.5. The molecule has 3 aromatic carbocycles. The fourth-order valence-corrected chi connectivity index (χ4v) is 13.3. The average molecular weight is 928 g/mol. The van der Waals surface area contributed by atoms with Crippen LogP contribution in [0.25, 0.3) is 10.1 Å². The number of nitrogens with one attached hydrogen (secondary N) is 2. The second-order valence-corrected chi connectivity index (χ2v) is 21.6. The topological polar surface area (TPSA) is 147 Å². The first-order valence-electron chi connectivity index (χ1n) is 23.2. The Labute approximate surface area is 383 Å². The molecule has 9 rings (SSSR count). The quantitative estimate of drug-likeness (QED) is 0.0944. The summed E-state index contributed by atoms with van der Waals surface area (Å²) in [5, 5.41) is 6.24. The van der Waals surface area contributed by atoms with Gasteiger partial charge in [-0.1, -0.05) is 61.5 Å². The van der Waals surface area contributed by atoms with E-state index < -0.39 is 43.4 Å². The summed E-state index contributed by atoms with van der Waals surface area (Å²) < 4.78 is 48.5. The van der Waals surface area contributed by atoms with Gasteiger partial charge in [0.15, 0.2) is 0 Å². The molecule has 5 fully saturated rings. The number of carbonyl (C=O) groups excluding carboxylic acids is 4. The van der Waals surface area contributed by atoms with E-state index in [9.17, 15) is 23.7 Å². The molecule has 346 valence electrons. The van der Waals surface area contributed by atoms with Gasteiger partial charge in [0.05, 0.1) is 24.7 Å². The summed E-state index contributed by atoms with van der Waals surface area (Å²) in [5.74, 6) is -3.10. The van der Waals surface area contributed by atoms with Gasteiger partial charge in [-0.05, 0) is 112 Å². The fraction of sp³-hybridized carbons (Fsp3) is 0.510. The summed E-state index contributed by atoms with van der Waals surface area (Å²) in [4.78, 5) is 63.4. The Balaban J connectivity index is 0.949. The number of nitrogens with zero attached hydrogens (tertiary/aromatic N) is 3. The number of carbonyl (C=O) groups is 4. The van der Waals surface area contributed by atoms with E-state index in [2.05, 4.69) is 32.3 Å². The molecule has 0 unspecified atom stereocenters. The zero-order valence-corrected chi connectivity index (χ0v) is 38.8. The molecule has 1 spiro atoms. The van der Waals surface area contributed by atoms with Gasteiger partial charge in [0.1, 0.15) is 23.9 Å². The first-order chi connectivity index (χ1) is 31.4. The lowest BCUT2D eigenvalue weighted by Gasteiger charge is -2.42. The number of thiophene rings is 1. The molecular weight excluding hydrogens is 869 g/mol. The summed E-state index contributed by atoms with van der Waals surface area (Å²) in [6.45, 7) is 6.96. The monoisotopic (exact) mass is 927 g/mol. The third kappa shape index (κ3) is 9.63. The molecular formula is C49H59FN5O8PS. The van der Waals surface area contributed by atoms with Crippen molar-refractivity contribution < 1.29 is 42.1 Å². The molecule has 2 N–H and O–H groups in total. The summed E-state index contributed by atoms with van der Waals surface area (Å²) in [6, 6.07) is 22.4. The van der Waals surface area contributed by atoms with Crippen molar-refractivity contribution >= 4 is 52.6 Å². The van der Waals surface area contributed by atoms with Crippen molar-refractivity contribution in [3.8, 4) is 5.75 Å². The summed E-state index contributed by atoms with van der Waals surface area (Å²) in [7, 11) is -4.46. The highest BCUT2D eigenvalue weighted by atomic mass is 32.1. The molecule has 5 heterocycles. The van der Waals surface area contributed by atoms with E-state index in [0.29, 0.717) is 60.4 Å². The van der Waals surface area contributed by atoms with Crippen molar-refractivity contribution in [2.45, 2.75) is 119 Å². The van der Waals surface area contributed by atoms with Crippen molar-refractivity contribution in [1.29, 1.82) is 0 Å². The Bertz CT molecular complexity index is 2410. The Morgan fingerprint density at radius 3 is 2.40 bits per heavy atom. The van der Waals surface area contributed by atoms with E-state index in [4.69, 9.17) is 14.0 Å². The van der Waals surface area contributed by atoms with Crippen molar-refractivity contribution in [1.82, 2.24) is 25.1 Å².